The van der Waals surface area contributed by atoms with Crippen LogP contribution < -0.4 is 10.6 Å². The van der Waals surface area contributed by atoms with Gasteiger partial charge in [-0.1, -0.05) is 48.5 Å². The van der Waals surface area contributed by atoms with Crippen molar-refractivity contribution < 1.29 is 19.1 Å². The van der Waals surface area contributed by atoms with E-state index >= 15 is 0 Å². The number of ether oxygens (including phenoxy) is 2. The number of aromatic nitrogens is 2. The Hall–Kier alpha value is -4.04. The Morgan fingerprint density at radius 3 is 2.56 bits per heavy atom. The van der Waals surface area contributed by atoms with Crippen molar-refractivity contribution in [2.45, 2.75) is 59.2 Å². The van der Waals surface area contributed by atoms with Gasteiger partial charge in [-0.05, 0) is 80.5 Å². The van der Waals surface area contributed by atoms with Gasteiger partial charge in [0.1, 0.15) is 11.3 Å². The summed E-state index contributed by atoms with van der Waals surface area (Å²) in [7, 11) is 0. The van der Waals surface area contributed by atoms with Gasteiger partial charge in [0, 0.05) is 12.7 Å². The van der Waals surface area contributed by atoms with Crippen LogP contribution in [-0.4, -0.2) is 40.8 Å². The molecule has 1 aromatic heterocycles. The molecule has 0 radical (unpaired) electrons. The molecule has 8 heteroatoms. The molecular formula is C31H36N4O4. The molecule has 0 saturated carbocycles. The molecule has 0 saturated heterocycles. The fourth-order valence-corrected chi connectivity index (χ4v) is 4.43. The average Bonchev–Trinajstić information content (AvgIpc) is 2.91. The fourth-order valence-electron chi connectivity index (χ4n) is 4.43. The molecule has 8 nitrogen and oxygen atoms in total. The van der Waals surface area contributed by atoms with E-state index in [1.807, 2.05) is 70.2 Å². The monoisotopic (exact) mass is 528 g/mol. The number of carbonyl (C=O) groups is 2. The van der Waals surface area contributed by atoms with Crippen LogP contribution in [0.15, 0.2) is 60.8 Å². The smallest absolute Gasteiger partial charge is 0.407 e. The van der Waals surface area contributed by atoms with Gasteiger partial charge in [-0.3, -0.25) is 4.79 Å². The number of nitrogens with one attached hydrogen (secondary N) is 2. The van der Waals surface area contributed by atoms with E-state index in [2.05, 4.69) is 33.6 Å². The third-order valence-corrected chi connectivity index (χ3v) is 6.37. The molecular weight excluding hydrogens is 492 g/mol. The zero-order valence-electron chi connectivity index (χ0n) is 23.2. The summed E-state index contributed by atoms with van der Waals surface area (Å²) in [4.78, 5) is 34.0. The van der Waals surface area contributed by atoms with Crippen molar-refractivity contribution in [3.05, 3.63) is 89.0 Å². The van der Waals surface area contributed by atoms with E-state index in [1.165, 1.54) is 0 Å². The summed E-state index contributed by atoms with van der Waals surface area (Å²) in [6.07, 6.45) is 3.85. The Labute approximate surface area is 229 Å². The molecule has 1 atom stereocenters. The average molecular weight is 529 g/mol. The minimum atomic E-state index is -0.556. The van der Waals surface area contributed by atoms with Crippen molar-refractivity contribution in [2.24, 2.45) is 0 Å². The second kappa shape index (κ2) is 12.2. The minimum absolute atomic E-state index is 0.225. The van der Waals surface area contributed by atoms with E-state index in [0.29, 0.717) is 31.3 Å². The second-order valence-corrected chi connectivity index (χ2v) is 10.6. The van der Waals surface area contributed by atoms with Gasteiger partial charge in [0.2, 0.25) is 0 Å². The summed E-state index contributed by atoms with van der Waals surface area (Å²) >= 11 is 0. The van der Waals surface area contributed by atoms with Crippen LogP contribution in [0.1, 0.15) is 73.2 Å². The number of benzene rings is 2. The Balaban J connectivity index is 1.44. The Bertz CT molecular complexity index is 1360. The van der Waals surface area contributed by atoms with Crippen LogP contribution >= 0.6 is 0 Å². The summed E-state index contributed by atoms with van der Waals surface area (Å²) in [5, 5.41) is 5.90. The van der Waals surface area contributed by atoms with Crippen LogP contribution in [0.2, 0.25) is 0 Å². The lowest BCUT2D eigenvalue weighted by atomic mass is 9.93. The number of amides is 2. The van der Waals surface area contributed by atoms with Gasteiger partial charge in [0.25, 0.3) is 5.91 Å². The van der Waals surface area contributed by atoms with Crippen molar-refractivity contribution >= 4 is 17.6 Å². The fraction of sp³-hybridized carbons (Fsp3) is 0.355. The summed E-state index contributed by atoms with van der Waals surface area (Å²) < 4.78 is 10.7. The molecule has 2 amide bonds. The van der Waals surface area contributed by atoms with Crippen LogP contribution in [0.3, 0.4) is 0 Å². The van der Waals surface area contributed by atoms with E-state index < -0.39 is 11.7 Å². The molecule has 1 aliphatic rings. The third-order valence-electron chi connectivity index (χ3n) is 6.37. The standard InChI is InChI=1S/C31H36N4O4/c1-20-7-6-8-25(19-33-30(37)39-31(3,4)5)27(20)23-11-9-22(10-12-23)21(2)34-29(36)26-13-16-32-28(35-26)24-14-17-38-18-15-24/h6-14,16,21H,15,17-19H2,1-5H3,(H,33,37)(H,34,36)/t21-/m1/s1. The SMILES string of the molecule is Cc1cccc(CNC(=O)OC(C)(C)C)c1-c1ccc([C@@H](C)NC(=O)c2ccnc(C3=CCOCC3)n2)cc1. The molecule has 3 aromatic rings. The van der Waals surface area contributed by atoms with Gasteiger partial charge in [0.15, 0.2) is 5.82 Å². The van der Waals surface area contributed by atoms with Gasteiger partial charge in [-0.25, -0.2) is 14.8 Å². The molecule has 2 heterocycles. The third kappa shape index (κ3) is 7.51. The Morgan fingerprint density at radius 1 is 1.10 bits per heavy atom. The molecule has 39 heavy (non-hydrogen) atoms. The number of nitrogens with zero attached hydrogens (tertiary/aromatic N) is 2. The van der Waals surface area contributed by atoms with Crippen molar-refractivity contribution in [1.29, 1.82) is 0 Å². The Kier molecular flexibility index (Phi) is 8.76. The first-order chi connectivity index (χ1) is 18.6. The van der Waals surface area contributed by atoms with Crippen molar-refractivity contribution in [2.75, 3.05) is 13.2 Å². The predicted octanol–water partition coefficient (Wildman–Crippen LogP) is 5.77. The molecule has 2 N–H and O–H groups in total. The second-order valence-electron chi connectivity index (χ2n) is 10.6. The highest BCUT2D eigenvalue weighted by atomic mass is 16.6. The van der Waals surface area contributed by atoms with Crippen LogP contribution in [0.4, 0.5) is 4.79 Å². The number of alkyl carbamates (subject to hydrolysis) is 1. The first kappa shape index (κ1) is 28.0. The van der Waals surface area contributed by atoms with E-state index in [-0.39, 0.29) is 11.9 Å². The molecule has 2 aromatic carbocycles. The maximum absolute atomic E-state index is 13.0. The molecule has 0 unspecified atom stereocenters. The number of hydrogen-bond acceptors (Lipinski definition) is 6. The maximum atomic E-state index is 13.0. The number of aryl methyl sites for hydroxylation is 1. The molecule has 0 spiro atoms. The zero-order chi connectivity index (χ0) is 28.0. The van der Waals surface area contributed by atoms with Gasteiger partial charge >= 0.3 is 6.09 Å². The molecule has 4 rings (SSSR count). The molecule has 0 bridgehead atoms. The van der Waals surface area contributed by atoms with Crippen molar-refractivity contribution in [1.82, 2.24) is 20.6 Å². The molecule has 1 aliphatic heterocycles. The van der Waals surface area contributed by atoms with Crippen LogP contribution in [0.5, 0.6) is 0 Å². The van der Waals surface area contributed by atoms with Gasteiger partial charge in [-0.15, -0.1) is 0 Å². The summed E-state index contributed by atoms with van der Waals surface area (Å²) in [6, 6.07) is 15.5. The number of carbonyl (C=O) groups excluding carboxylic acids is 2. The lowest BCUT2D eigenvalue weighted by molar-refractivity contribution is 0.0523. The number of rotatable bonds is 7. The van der Waals surface area contributed by atoms with E-state index in [0.717, 1.165) is 39.8 Å². The van der Waals surface area contributed by atoms with Crippen molar-refractivity contribution in [3.8, 4) is 11.1 Å². The Morgan fingerprint density at radius 2 is 1.87 bits per heavy atom. The van der Waals surface area contributed by atoms with Crippen LogP contribution in [0.25, 0.3) is 16.7 Å². The molecule has 204 valence electrons. The van der Waals surface area contributed by atoms with Gasteiger partial charge in [-0.2, -0.15) is 0 Å². The summed E-state index contributed by atoms with van der Waals surface area (Å²) in [6.45, 7) is 11.0. The van der Waals surface area contributed by atoms with E-state index in [4.69, 9.17) is 9.47 Å². The van der Waals surface area contributed by atoms with Gasteiger partial charge < -0.3 is 20.1 Å². The first-order valence-electron chi connectivity index (χ1n) is 13.2. The maximum Gasteiger partial charge on any atom is 0.407 e. The molecule has 0 aliphatic carbocycles. The normalized spacial score (nSPS) is 14.2. The predicted molar refractivity (Wildman–Crippen MR) is 151 cm³/mol. The van der Waals surface area contributed by atoms with Crippen LogP contribution in [-0.2, 0) is 16.0 Å². The van der Waals surface area contributed by atoms with Crippen molar-refractivity contribution in [3.63, 3.8) is 0 Å². The highest BCUT2D eigenvalue weighted by Gasteiger charge is 2.18. The van der Waals surface area contributed by atoms with Crippen LogP contribution in [0, 0.1) is 6.92 Å². The van der Waals surface area contributed by atoms with E-state index in [9.17, 15) is 9.59 Å². The summed E-state index contributed by atoms with van der Waals surface area (Å²) in [5.41, 5.74) is 5.93. The quantitative estimate of drug-likeness (QED) is 0.404. The number of hydrogen-bond donors (Lipinski definition) is 2. The largest absolute Gasteiger partial charge is 0.444 e. The zero-order valence-corrected chi connectivity index (χ0v) is 23.2. The highest BCUT2D eigenvalue weighted by molar-refractivity contribution is 5.92. The van der Waals surface area contributed by atoms with Gasteiger partial charge in [0.05, 0.1) is 19.3 Å². The lowest BCUT2D eigenvalue weighted by Crippen LogP contribution is -2.32. The first-order valence-corrected chi connectivity index (χ1v) is 13.2. The summed E-state index contributed by atoms with van der Waals surface area (Å²) in [5.74, 6) is 0.315. The van der Waals surface area contributed by atoms with E-state index in [1.54, 1.807) is 12.3 Å². The highest BCUT2D eigenvalue weighted by Crippen LogP contribution is 2.29. The molecule has 0 fully saturated rings. The topological polar surface area (TPSA) is 102 Å². The lowest BCUT2D eigenvalue weighted by Gasteiger charge is -2.20. The minimum Gasteiger partial charge on any atom is -0.444 e.